The van der Waals surface area contributed by atoms with Crippen molar-refractivity contribution in [1.29, 1.82) is 0 Å². The third kappa shape index (κ3) is 2.46. The zero-order valence-corrected chi connectivity index (χ0v) is 11.0. The Kier molecular flexibility index (Phi) is 3.95. The lowest BCUT2D eigenvalue weighted by atomic mass is 9.96. The van der Waals surface area contributed by atoms with Gasteiger partial charge in [0.2, 0.25) is 0 Å². The maximum Gasteiger partial charge on any atom is 0.274 e. The molecule has 0 spiro atoms. The molecule has 3 amide bonds. The third-order valence-electron chi connectivity index (χ3n) is 3.14. The molecule has 0 aromatic heterocycles. The first-order valence-electron chi connectivity index (χ1n) is 6.26. The van der Waals surface area contributed by atoms with Crippen molar-refractivity contribution in [3.63, 3.8) is 0 Å². The maximum atomic E-state index is 12.4. The van der Waals surface area contributed by atoms with Crippen molar-refractivity contribution in [3.05, 3.63) is 48.0 Å². The molecule has 1 atom stereocenters. The van der Waals surface area contributed by atoms with E-state index in [4.69, 9.17) is 5.84 Å². The molecule has 0 fully saturated rings. The van der Waals surface area contributed by atoms with Gasteiger partial charge >= 0.3 is 0 Å². The number of nitrogens with two attached hydrogens (primary N) is 1. The molecule has 0 saturated carbocycles. The van der Waals surface area contributed by atoms with E-state index in [-0.39, 0.29) is 0 Å². The van der Waals surface area contributed by atoms with Crippen LogP contribution >= 0.6 is 0 Å². The largest absolute Gasteiger partial charge is 0.274 e. The molecule has 1 aromatic carbocycles. The second-order valence-corrected chi connectivity index (χ2v) is 4.38. The van der Waals surface area contributed by atoms with E-state index < -0.39 is 23.6 Å². The predicted molar refractivity (Wildman–Crippen MR) is 71.5 cm³/mol. The Morgan fingerprint density at radius 3 is 2.25 bits per heavy atom. The van der Waals surface area contributed by atoms with Crippen LogP contribution in [0.25, 0.3) is 0 Å². The minimum atomic E-state index is -0.617. The molecular formula is C14H15N3O3. The lowest BCUT2D eigenvalue weighted by molar-refractivity contribution is -0.168. The Labute approximate surface area is 116 Å². The van der Waals surface area contributed by atoms with E-state index in [2.05, 4.69) is 0 Å². The zero-order chi connectivity index (χ0) is 14.7. The average Bonchev–Trinajstić information content (AvgIpc) is 2.79. The second-order valence-electron chi connectivity index (χ2n) is 4.38. The molecule has 0 bridgehead atoms. The molecule has 1 heterocycles. The van der Waals surface area contributed by atoms with E-state index in [0.717, 1.165) is 17.7 Å². The summed E-state index contributed by atoms with van der Waals surface area (Å²) in [7, 11) is 0. The third-order valence-corrected chi connectivity index (χ3v) is 3.14. The van der Waals surface area contributed by atoms with Gasteiger partial charge in [-0.25, -0.2) is 5.84 Å². The monoisotopic (exact) mass is 273 g/mol. The van der Waals surface area contributed by atoms with Crippen molar-refractivity contribution in [3.8, 4) is 0 Å². The number of imide groups is 1. The molecule has 0 radical (unpaired) electrons. The smallest absolute Gasteiger partial charge is 0.271 e. The van der Waals surface area contributed by atoms with Crippen LogP contribution in [0.5, 0.6) is 0 Å². The van der Waals surface area contributed by atoms with Crippen LogP contribution in [0.3, 0.4) is 0 Å². The summed E-state index contributed by atoms with van der Waals surface area (Å²) in [5, 5.41) is 1.24. The summed E-state index contributed by atoms with van der Waals surface area (Å²) in [5.41, 5.74) is 0.794. The lowest BCUT2D eigenvalue weighted by Gasteiger charge is -2.28. The molecule has 6 heteroatoms. The molecule has 0 saturated heterocycles. The number of amides is 3. The standard InChI is InChI=1S/C14H15N3O3/c1-2-11(10-6-4-3-5-7-10)14(20)17(15)16-12(18)8-9-13(16)19/h3-9,11H,2,15H2,1H3. The van der Waals surface area contributed by atoms with E-state index in [9.17, 15) is 14.4 Å². The van der Waals surface area contributed by atoms with Crippen molar-refractivity contribution in [2.45, 2.75) is 19.3 Å². The molecule has 1 aliphatic heterocycles. The summed E-state index contributed by atoms with van der Waals surface area (Å²) in [6.07, 6.45) is 2.68. The van der Waals surface area contributed by atoms with Gasteiger partial charge < -0.3 is 0 Å². The Bertz CT molecular complexity index is 550. The van der Waals surface area contributed by atoms with Gasteiger partial charge in [-0.05, 0) is 12.0 Å². The van der Waals surface area contributed by atoms with Crippen molar-refractivity contribution in [2.75, 3.05) is 0 Å². The first-order chi connectivity index (χ1) is 9.56. The first-order valence-corrected chi connectivity index (χ1v) is 6.26. The Balaban J connectivity index is 2.21. The van der Waals surface area contributed by atoms with Gasteiger partial charge in [0.1, 0.15) is 0 Å². The SMILES string of the molecule is CCC(C(=O)N(N)N1C(=O)C=CC1=O)c1ccccc1. The van der Waals surface area contributed by atoms with Crippen LogP contribution in [-0.2, 0) is 14.4 Å². The van der Waals surface area contributed by atoms with E-state index in [1.165, 1.54) is 0 Å². The van der Waals surface area contributed by atoms with E-state index in [1.54, 1.807) is 0 Å². The number of carbonyl (C=O) groups excluding carboxylic acids is 3. The highest BCUT2D eigenvalue weighted by molar-refractivity contribution is 6.13. The summed E-state index contributed by atoms with van der Waals surface area (Å²) >= 11 is 0. The number of hydrogen-bond donors (Lipinski definition) is 1. The Morgan fingerprint density at radius 2 is 1.75 bits per heavy atom. The minimum Gasteiger partial charge on any atom is -0.271 e. The number of carbonyl (C=O) groups is 3. The van der Waals surface area contributed by atoms with E-state index >= 15 is 0 Å². The van der Waals surface area contributed by atoms with Gasteiger partial charge in [-0.2, -0.15) is 10.1 Å². The highest BCUT2D eigenvalue weighted by atomic mass is 16.2. The first kappa shape index (κ1) is 14.0. The normalized spacial score (nSPS) is 15.6. The van der Waals surface area contributed by atoms with Crippen molar-refractivity contribution in [1.82, 2.24) is 10.1 Å². The molecule has 1 unspecified atom stereocenters. The molecule has 6 nitrogen and oxygen atoms in total. The van der Waals surface area contributed by atoms with Crippen LogP contribution in [0.4, 0.5) is 0 Å². The fraction of sp³-hybridized carbons (Fsp3) is 0.214. The average molecular weight is 273 g/mol. The van der Waals surface area contributed by atoms with Crippen LogP contribution in [0.15, 0.2) is 42.5 Å². The van der Waals surface area contributed by atoms with Crippen LogP contribution in [-0.4, -0.2) is 27.8 Å². The number of benzene rings is 1. The highest BCUT2D eigenvalue weighted by Crippen LogP contribution is 2.22. The molecule has 1 aromatic rings. The summed E-state index contributed by atoms with van der Waals surface area (Å²) in [4.78, 5) is 35.4. The van der Waals surface area contributed by atoms with Gasteiger partial charge in [0.15, 0.2) is 0 Å². The van der Waals surface area contributed by atoms with Crippen LogP contribution in [0.1, 0.15) is 24.8 Å². The molecule has 2 N–H and O–H groups in total. The highest BCUT2D eigenvalue weighted by Gasteiger charge is 2.34. The zero-order valence-electron chi connectivity index (χ0n) is 11.0. The van der Waals surface area contributed by atoms with Crippen molar-refractivity contribution < 1.29 is 14.4 Å². The maximum absolute atomic E-state index is 12.4. The molecular weight excluding hydrogens is 258 g/mol. The number of hydrazine groups is 2. The van der Waals surface area contributed by atoms with Crippen molar-refractivity contribution >= 4 is 17.7 Å². The fourth-order valence-corrected chi connectivity index (χ4v) is 2.10. The summed E-state index contributed by atoms with van der Waals surface area (Å²) < 4.78 is 0. The Morgan fingerprint density at radius 1 is 1.20 bits per heavy atom. The molecule has 0 aliphatic carbocycles. The molecule has 1 aliphatic rings. The van der Waals surface area contributed by atoms with Gasteiger partial charge in [-0.3, -0.25) is 14.4 Å². The fourth-order valence-electron chi connectivity index (χ4n) is 2.10. The summed E-state index contributed by atoms with van der Waals surface area (Å²) in [6.45, 7) is 1.84. The van der Waals surface area contributed by atoms with Gasteiger partial charge in [-0.1, -0.05) is 37.3 Å². The van der Waals surface area contributed by atoms with Gasteiger partial charge in [0.05, 0.1) is 5.92 Å². The molecule has 2 rings (SSSR count). The quantitative estimate of drug-likeness (QED) is 0.379. The lowest BCUT2D eigenvalue weighted by Crippen LogP contribution is -2.55. The predicted octanol–water partition coefficient (Wildman–Crippen LogP) is 0.722. The molecule has 104 valence electrons. The van der Waals surface area contributed by atoms with Gasteiger partial charge in [0, 0.05) is 12.2 Å². The molecule has 20 heavy (non-hydrogen) atoms. The summed E-state index contributed by atoms with van der Waals surface area (Å²) in [6, 6.07) is 9.11. The number of nitrogens with zero attached hydrogens (tertiary/aromatic N) is 2. The van der Waals surface area contributed by atoms with Crippen molar-refractivity contribution in [2.24, 2.45) is 5.84 Å². The van der Waals surface area contributed by atoms with Gasteiger partial charge in [0.25, 0.3) is 17.7 Å². The minimum absolute atomic E-state index is 0.496. The van der Waals surface area contributed by atoms with Crippen LogP contribution < -0.4 is 5.84 Å². The summed E-state index contributed by atoms with van der Waals surface area (Å²) in [5.74, 6) is 3.42. The van der Waals surface area contributed by atoms with E-state index in [0.29, 0.717) is 16.5 Å². The van der Waals surface area contributed by atoms with Gasteiger partial charge in [-0.15, -0.1) is 0 Å². The van der Waals surface area contributed by atoms with Crippen LogP contribution in [0.2, 0.25) is 0 Å². The van der Waals surface area contributed by atoms with Crippen LogP contribution in [0, 0.1) is 0 Å². The second kappa shape index (κ2) is 5.66. The van der Waals surface area contributed by atoms with E-state index in [1.807, 2.05) is 37.3 Å². The topological polar surface area (TPSA) is 83.7 Å². The number of rotatable bonds is 4. The number of hydrogen-bond acceptors (Lipinski definition) is 4. The Hall–Kier alpha value is -2.47.